The molecule has 0 fully saturated rings. The van der Waals surface area contributed by atoms with Crippen LogP contribution in [0.1, 0.15) is 39.2 Å². The van der Waals surface area contributed by atoms with E-state index in [0.717, 1.165) is 18.7 Å². The maximum atomic E-state index is 6.09. The van der Waals surface area contributed by atoms with Crippen LogP contribution in [-0.4, -0.2) is 18.1 Å². The third kappa shape index (κ3) is 5.23. The van der Waals surface area contributed by atoms with E-state index in [0.29, 0.717) is 23.4 Å². The Kier molecular flexibility index (Phi) is 7.06. The third-order valence-corrected chi connectivity index (χ3v) is 3.11. The van der Waals surface area contributed by atoms with Gasteiger partial charge in [-0.1, -0.05) is 38.8 Å². The van der Waals surface area contributed by atoms with Gasteiger partial charge >= 0.3 is 0 Å². The van der Waals surface area contributed by atoms with Crippen LogP contribution in [0.4, 0.5) is 0 Å². The summed E-state index contributed by atoms with van der Waals surface area (Å²) in [4.78, 5) is 4.20. The smallest absolute Gasteiger partial charge is 0.213 e. The Hall–Kier alpha value is -0.800. The number of hydrogen-bond donors (Lipinski definition) is 1. The van der Waals surface area contributed by atoms with E-state index in [1.165, 1.54) is 12.8 Å². The second-order valence-corrected chi connectivity index (χ2v) is 5.01. The molecule has 0 aliphatic carbocycles. The van der Waals surface area contributed by atoms with Crippen molar-refractivity contribution >= 4 is 11.6 Å². The molecule has 4 heteroatoms. The maximum absolute atomic E-state index is 6.09. The fraction of sp³-hybridized carbons (Fsp3) is 0.643. The molecular formula is C14H23ClN2O. The van der Waals surface area contributed by atoms with Crippen molar-refractivity contribution in [2.75, 3.05) is 13.2 Å². The molecule has 1 N–H and O–H groups in total. The molecule has 0 amide bonds. The third-order valence-electron chi connectivity index (χ3n) is 2.77. The number of halogens is 1. The molecule has 102 valence electrons. The molecule has 0 radical (unpaired) electrons. The van der Waals surface area contributed by atoms with E-state index in [9.17, 15) is 0 Å². The lowest BCUT2D eigenvalue weighted by molar-refractivity contribution is 0.243. The summed E-state index contributed by atoms with van der Waals surface area (Å²) in [7, 11) is 0. The van der Waals surface area contributed by atoms with Crippen molar-refractivity contribution in [1.29, 1.82) is 0 Å². The SMILES string of the molecule is CCCC(C)COc1cc(CNCC)c(Cl)cn1. The van der Waals surface area contributed by atoms with Crippen molar-refractivity contribution in [3.05, 3.63) is 22.8 Å². The zero-order valence-corrected chi connectivity index (χ0v) is 12.3. The van der Waals surface area contributed by atoms with E-state index in [1.807, 2.05) is 6.07 Å². The molecule has 0 aliphatic heterocycles. The average Bonchev–Trinajstić information content (AvgIpc) is 2.36. The molecule has 1 rings (SSSR count). The quantitative estimate of drug-likeness (QED) is 0.783. The second-order valence-electron chi connectivity index (χ2n) is 4.60. The van der Waals surface area contributed by atoms with Crippen LogP contribution < -0.4 is 10.1 Å². The van der Waals surface area contributed by atoms with Crippen LogP contribution in [0.2, 0.25) is 5.02 Å². The summed E-state index contributed by atoms with van der Waals surface area (Å²) in [5, 5.41) is 3.94. The van der Waals surface area contributed by atoms with Gasteiger partial charge in [0.25, 0.3) is 0 Å². The minimum Gasteiger partial charge on any atom is -0.477 e. The molecule has 1 atom stereocenters. The van der Waals surface area contributed by atoms with Crippen molar-refractivity contribution in [2.45, 2.75) is 40.2 Å². The number of rotatable bonds is 8. The average molecular weight is 271 g/mol. The van der Waals surface area contributed by atoms with Crippen LogP contribution in [0, 0.1) is 5.92 Å². The van der Waals surface area contributed by atoms with Crippen LogP contribution in [0.3, 0.4) is 0 Å². The van der Waals surface area contributed by atoms with Gasteiger partial charge in [0.2, 0.25) is 5.88 Å². The molecule has 0 spiro atoms. The Morgan fingerprint density at radius 2 is 2.22 bits per heavy atom. The van der Waals surface area contributed by atoms with Crippen molar-refractivity contribution in [2.24, 2.45) is 5.92 Å². The predicted molar refractivity (Wildman–Crippen MR) is 76.2 cm³/mol. The van der Waals surface area contributed by atoms with E-state index in [1.54, 1.807) is 6.20 Å². The first kappa shape index (κ1) is 15.3. The largest absolute Gasteiger partial charge is 0.477 e. The number of ether oxygens (including phenoxy) is 1. The van der Waals surface area contributed by atoms with E-state index < -0.39 is 0 Å². The van der Waals surface area contributed by atoms with Gasteiger partial charge in [-0.05, 0) is 24.4 Å². The monoisotopic (exact) mass is 270 g/mol. The summed E-state index contributed by atoms with van der Waals surface area (Å²) < 4.78 is 5.70. The zero-order valence-electron chi connectivity index (χ0n) is 11.5. The van der Waals surface area contributed by atoms with E-state index >= 15 is 0 Å². The molecule has 0 bridgehead atoms. The van der Waals surface area contributed by atoms with Gasteiger partial charge in [-0.3, -0.25) is 0 Å². The molecule has 1 heterocycles. The molecule has 1 unspecified atom stereocenters. The van der Waals surface area contributed by atoms with Gasteiger partial charge in [0.1, 0.15) is 0 Å². The molecular weight excluding hydrogens is 248 g/mol. The molecule has 1 aromatic heterocycles. The number of hydrogen-bond acceptors (Lipinski definition) is 3. The fourth-order valence-electron chi connectivity index (χ4n) is 1.74. The Morgan fingerprint density at radius 1 is 1.44 bits per heavy atom. The van der Waals surface area contributed by atoms with Gasteiger partial charge in [-0.15, -0.1) is 0 Å². The van der Waals surface area contributed by atoms with Gasteiger partial charge in [0.05, 0.1) is 11.6 Å². The van der Waals surface area contributed by atoms with Crippen LogP contribution >= 0.6 is 11.6 Å². The Labute approximate surface area is 115 Å². The number of nitrogens with one attached hydrogen (secondary N) is 1. The van der Waals surface area contributed by atoms with Gasteiger partial charge in [-0.25, -0.2) is 4.98 Å². The first-order valence-corrected chi connectivity index (χ1v) is 7.03. The predicted octanol–water partition coefficient (Wildman–Crippen LogP) is 3.66. The van der Waals surface area contributed by atoms with Crippen molar-refractivity contribution in [3.8, 4) is 5.88 Å². The lowest BCUT2D eigenvalue weighted by Crippen LogP contribution is -2.13. The van der Waals surface area contributed by atoms with Crippen molar-refractivity contribution in [1.82, 2.24) is 10.3 Å². The highest BCUT2D eigenvalue weighted by Crippen LogP contribution is 2.20. The lowest BCUT2D eigenvalue weighted by Gasteiger charge is -2.12. The summed E-state index contributed by atoms with van der Waals surface area (Å²) in [5.74, 6) is 1.22. The highest BCUT2D eigenvalue weighted by atomic mass is 35.5. The topological polar surface area (TPSA) is 34.1 Å². The number of nitrogens with zero attached hydrogens (tertiary/aromatic N) is 1. The normalized spacial score (nSPS) is 12.4. The van der Waals surface area contributed by atoms with Crippen molar-refractivity contribution in [3.63, 3.8) is 0 Å². The minimum absolute atomic E-state index is 0.560. The first-order valence-electron chi connectivity index (χ1n) is 6.65. The number of pyridine rings is 1. The second kappa shape index (κ2) is 8.33. The molecule has 1 aromatic rings. The van der Waals surface area contributed by atoms with Crippen LogP contribution in [0.5, 0.6) is 5.88 Å². The molecule has 0 aliphatic rings. The summed E-state index contributed by atoms with van der Waals surface area (Å²) in [6, 6.07) is 1.92. The van der Waals surface area contributed by atoms with E-state index in [-0.39, 0.29) is 0 Å². The van der Waals surface area contributed by atoms with Crippen LogP contribution in [0.25, 0.3) is 0 Å². The van der Waals surface area contributed by atoms with Gasteiger partial charge < -0.3 is 10.1 Å². The van der Waals surface area contributed by atoms with Crippen molar-refractivity contribution < 1.29 is 4.74 Å². The Bertz CT molecular complexity index is 358. The molecule has 3 nitrogen and oxygen atoms in total. The van der Waals surface area contributed by atoms with E-state index in [4.69, 9.17) is 16.3 Å². The highest BCUT2D eigenvalue weighted by Gasteiger charge is 2.06. The first-order chi connectivity index (χ1) is 8.67. The summed E-state index contributed by atoms with van der Waals surface area (Å²) >= 11 is 6.09. The van der Waals surface area contributed by atoms with Gasteiger partial charge in [-0.2, -0.15) is 0 Å². The zero-order chi connectivity index (χ0) is 13.4. The van der Waals surface area contributed by atoms with Gasteiger partial charge in [0.15, 0.2) is 0 Å². The van der Waals surface area contributed by atoms with Crippen LogP contribution in [0.15, 0.2) is 12.3 Å². The Morgan fingerprint density at radius 3 is 2.89 bits per heavy atom. The fourth-order valence-corrected chi connectivity index (χ4v) is 1.91. The minimum atomic E-state index is 0.560. The molecule has 0 aromatic carbocycles. The summed E-state index contributed by atoms with van der Waals surface area (Å²) in [6.07, 6.45) is 4.02. The van der Waals surface area contributed by atoms with Crippen LogP contribution in [-0.2, 0) is 6.54 Å². The molecule has 18 heavy (non-hydrogen) atoms. The number of aromatic nitrogens is 1. The van der Waals surface area contributed by atoms with Gasteiger partial charge in [0, 0.05) is 18.8 Å². The maximum Gasteiger partial charge on any atom is 0.213 e. The highest BCUT2D eigenvalue weighted by molar-refractivity contribution is 6.31. The molecule has 0 saturated heterocycles. The molecule has 0 saturated carbocycles. The van der Waals surface area contributed by atoms with E-state index in [2.05, 4.69) is 31.1 Å². The summed E-state index contributed by atoms with van der Waals surface area (Å²) in [5.41, 5.74) is 1.03. The lowest BCUT2D eigenvalue weighted by atomic mass is 10.1. The summed E-state index contributed by atoms with van der Waals surface area (Å²) in [6.45, 7) is 8.83. The Balaban J connectivity index is 2.55. The standard InChI is InChI=1S/C14H23ClN2O/c1-4-6-11(3)10-18-14-7-12(8-16-5-2)13(15)9-17-14/h7,9,11,16H,4-6,8,10H2,1-3H3.